The van der Waals surface area contributed by atoms with Crippen molar-refractivity contribution in [3.05, 3.63) is 28.8 Å². The first-order valence-corrected chi connectivity index (χ1v) is 4.64. The summed E-state index contributed by atoms with van der Waals surface area (Å²) in [5.41, 5.74) is 1.61. The van der Waals surface area contributed by atoms with Crippen molar-refractivity contribution < 1.29 is 4.79 Å². The third-order valence-electron chi connectivity index (χ3n) is 2.18. The molecule has 1 N–H and O–H groups in total. The van der Waals surface area contributed by atoms with E-state index in [1.807, 2.05) is 13.0 Å². The number of fused-ring (bicyclic) bond motifs is 1. The number of carbonyl (C=O) groups excluding carboxylic acids is 1. The molecule has 2 nitrogen and oxygen atoms in total. The van der Waals surface area contributed by atoms with Crippen molar-refractivity contribution in [3.8, 4) is 0 Å². The number of carbonyl (C=O) groups is 1. The Balaban J connectivity index is 2.49. The van der Waals surface area contributed by atoms with E-state index in [0.717, 1.165) is 5.69 Å². The van der Waals surface area contributed by atoms with Gasteiger partial charge in [0.2, 0.25) is 0 Å². The molecule has 2 rings (SSSR count). The first kappa shape index (κ1) is 8.57. The number of hydrogen-bond acceptors (Lipinski definition) is 2. The summed E-state index contributed by atoms with van der Waals surface area (Å²) in [4.78, 5) is 11.5. The van der Waals surface area contributed by atoms with Gasteiger partial charge in [-0.2, -0.15) is 0 Å². The molecule has 1 atom stereocenters. The molecule has 0 saturated heterocycles. The highest BCUT2D eigenvalue weighted by Gasteiger charge is 2.21. The maximum atomic E-state index is 11.5. The van der Waals surface area contributed by atoms with Crippen LogP contribution >= 0.6 is 11.6 Å². The van der Waals surface area contributed by atoms with E-state index in [1.54, 1.807) is 12.1 Å². The molecule has 1 heterocycles. The molecule has 68 valence electrons. The highest BCUT2D eigenvalue weighted by Crippen LogP contribution is 2.27. The van der Waals surface area contributed by atoms with Gasteiger partial charge in [0.15, 0.2) is 5.78 Å². The summed E-state index contributed by atoms with van der Waals surface area (Å²) >= 11 is 5.80. The third kappa shape index (κ3) is 1.54. The molecule has 1 aromatic rings. The Morgan fingerprint density at radius 3 is 3.08 bits per heavy atom. The molecular formula is C10H10ClNO. The second kappa shape index (κ2) is 3.04. The van der Waals surface area contributed by atoms with E-state index in [-0.39, 0.29) is 11.8 Å². The largest absolute Gasteiger partial charge is 0.382 e. The van der Waals surface area contributed by atoms with Crippen LogP contribution in [-0.4, -0.2) is 11.8 Å². The van der Waals surface area contributed by atoms with Gasteiger partial charge in [-0.05, 0) is 25.1 Å². The van der Waals surface area contributed by atoms with E-state index in [1.165, 1.54) is 0 Å². The zero-order valence-corrected chi connectivity index (χ0v) is 8.06. The van der Waals surface area contributed by atoms with Crippen molar-refractivity contribution >= 4 is 23.1 Å². The number of anilines is 1. The van der Waals surface area contributed by atoms with Gasteiger partial charge in [-0.1, -0.05) is 11.6 Å². The Hall–Kier alpha value is -1.02. The summed E-state index contributed by atoms with van der Waals surface area (Å²) < 4.78 is 0. The summed E-state index contributed by atoms with van der Waals surface area (Å²) in [5.74, 6) is 0.170. The number of rotatable bonds is 0. The summed E-state index contributed by atoms with van der Waals surface area (Å²) in [7, 11) is 0. The van der Waals surface area contributed by atoms with Crippen LogP contribution in [0.1, 0.15) is 23.7 Å². The Morgan fingerprint density at radius 1 is 1.54 bits per heavy atom. The fraction of sp³-hybridized carbons (Fsp3) is 0.300. The van der Waals surface area contributed by atoms with Crippen LogP contribution in [0, 0.1) is 0 Å². The second-order valence-corrected chi connectivity index (χ2v) is 3.80. The smallest absolute Gasteiger partial charge is 0.167 e. The quantitative estimate of drug-likeness (QED) is 0.690. The molecule has 0 aromatic heterocycles. The Bertz CT molecular complexity index is 362. The minimum atomic E-state index is 0.170. The minimum Gasteiger partial charge on any atom is -0.382 e. The van der Waals surface area contributed by atoms with Gasteiger partial charge in [-0.25, -0.2) is 0 Å². The fourth-order valence-electron chi connectivity index (χ4n) is 1.58. The average molecular weight is 196 g/mol. The van der Waals surface area contributed by atoms with Crippen molar-refractivity contribution in [3.63, 3.8) is 0 Å². The van der Waals surface area contributed by atoms with E-state index >= 15 is 0 Å². The average Bonchev–Trinajstić information content (AvgIpc) is 2.06. The maximum Gasteiger partial charge on any atom is 0.167 e. The van der Waals surface area contributed by atoms with Crippen molar-refractivity contribution in [2.75, 3.05) is 5.32 Å². The van der Waals surface area contributed by atoms with Crippen LogP contribution in [0.25, 0.3) is 0 Å². The molecule has 0 fully saturated rings. The molecule has 1 aliphatic heterocycles. The zero-order chi connectivity index (χ0) is 9.42. The molecule has 3 heteroatoms. The topological polar surface area (TPSA) is 29.1 Å². The SMILES string of the molecule is C[C@H]1CC(=O)c2cc(Cl)ccc2N1. The first-order valence-electron chi connectivity index (χ1n) is 4.26. The normalized spacial score (nSPS) is 20.8. The van der Waals surface area contributed by atoms with Gasteiger partial charge in [0.1, 0.15) is 0 Å². The molecule has 0 radical (unpaired) electrons. The lowest BCUT2D eigenvalue weighted by Crippen LogP contribution is -2.26. The lowest BCUT2D eigenvalue weighted by Gasteiger charge is -2.22. The van der Waals surface area contributed by atoms with Crippen LogP contribution in [0.5, 0.6) is 0 Å². The Kier molecular flexibility index (Phi) is 2.00. The molecule has 0 bridgehead atoms. The first-order chi connectivity index (χ1) is 6.16. The van der Waals surface area contributed by atoms with Gasteiger partial charge in [0.05, 0.1) is 0 Å². The van der Waals surface area contributed by atoms with Crippen LogP contribution in [0.15, 0.2) is 18.2 Å². The second-order valence-electron chi connectivity index (χ2n) is 3.36. The molecular weight excluding hydrogens is 186 g/mol. The fourth-order valence-corrected chi connectivity index (χ4v) is 1.75. The van der Waals surface area contributed by atoms with Crippen molar-refractivity contribution in [2.24, 2.45) is 0 Å². The lowest BCUT2D eigenvalue weighted by atomic mass is 9.98. The number of benzene rings is 1. The molecule has 0 saturated carbocycles. The lowest BCUT2D eigenvalue weighted by molar-refractivity contribution is 0.0974. The van der Waals surface area contributed by atoms with Crippen molar-refractivity contribution in [2.45, 2.75) is 19.4 Å². The predicted octanol–water partition coefficient (Wildman–Crippen LogP) is 2.73. The van der Waals surface area contributed by atoms with Crippen LogP contribution in [-0.2, 0) is 0 Å². The van der Waals surface area contributed by atoms with Crippen LogP contribution in [0.2, 0.25) is 5.02 Å². The summed E-state index contributed by atoms with van der Waals surface area (Å²) in [6.07, 6.45) is 0.549. The van der Waals surface area contributed by atoms with Crippen LogP contribution in [0.3, 0.4) is 0 Å². The predicted molar refractivity (Wildman–Crippen MR) is 53.5 cm³/mol. The van der Waals surface area contributed by atoms with E-state index in [0.29, 0.717) is 17.0 Å². The summed E-state index contributed by atoms with van der Waals surface area (Å²) in [6, 6.07) is 5.59. The zero-order valence-electron chi connectivity index (χ0n) is 7.30. The number of Topliss-reactive ketones (excluding diaryl/α,β-unsaturated/α-hetero) is 1. The van der Waals surface area contributed by atoms with E-state index in [4.69, 9.17) is 11.6 Å². The molecule has 1 aliphatic rings. The van der Waals surface area contributed by atoms with Gasteiger partial charge in [-0.3, -0.25) is 4.79 Å². The Labute approximate surface area is 81.9 Å². The molecule has 0 amide bonds. The molecule has 0 spiro atoms. The molecule has 13 heavy (non-hydrogen) atoms. The van der Waals surface area contributed by atoms with Crippen molar-refractivity contribution in [1.82, 2.24) is 0 Å². The minimum absolute atomic E-state index is 0.170. The van der Waals surface area contributed by atoms with Crippen LogP contribution < -0.4 is 5.32 Å². The Morgan fingerprint density at radius 2 is 2.31 bits per heavy atom. The molecule has 0 aliphatic carbocycles. The number of halogens is 1. The van der Waals surface area contributed by atoms with Gasteiger partial charge in [0, 0.05) is 28.7 Å². The maximum absolute atomic E-state index is 11.5. The highest BCUT2D eigenvalue weighted by molar-refractivity contribution is 6.31. The highest BCUT2D eigenvalue weighted by atomic mass is 35.5. The van der Waals surface area contributed by atoms with Gasteiger partial charge in [0.25, 0.3) is 0 Å². The monoisotopic (exact) mass is 195 g/mol. The van der Waals surface area contributed by atoms with E-state index < -0.39 is 0 Å². The van der Waals surface area contributed by atoms with Crippen LogP contribution in [0.4, 0.5) is 5.69 Å². The summed E-state index contributed by atoms with van der Waals surface area (Å²) in [5, 5.41) is 3.85. The number of ketones is 1. The van der Waals surface area contributed by atoms with E-state index in [9.17, 15) is 4.79 Å². The number of hydrogen-bond donors (Lipinski definition) is 1. The number of nitrogens with one attached hydrogen (secondary N) is 1. The molecule has 0 unspecified atom stereocenters. The van der Waals surface area contributed by atoms with Crippen molar-refractivity contribution in [1.29, 1.82) is 0 Å². The standard InChI is InChI=1S/C10H10ClNO/c1-6-4-10(13)8-5-7(11)2-3-9(8)12-6/h2-3,5-6,12H,4H2,1H3/t6-/m0/s1. The third-order valence-corrected chi connectivity index (χ3v) is 2.41. The molecule has 1 aromatic carbocycles. The van der Waals surface area contributed by atoms with E-state index in [2.05, 4.69) is 5.32 Å². The summed E-state index contributed by atoms with van der Waals surface area (Å²) in [6.45, 7) is 2.00. The van der Waals surface area contributed by atoms with Gasteiger partial charge >= 0.3 is 0 Å². The van der Waals surface area contributed by atoms with Gasteiger partial charge in [-0.15, -0.1) is 0 Å². The van der Waals surface area contributed by atoms with Gasteiger partial charge < -0.3 is 5.32 Å².